The highest BCUT2D eigenvalue weighted by Crippen LogP contribution is 2.68. The summed E-state index contributed by atoms with van der Waals surface area (Å²) in [5, 5.41) is 16.2. The lowest BCUT2D eigenvalue weighted by Gasteiger charge is -2.59. The Labute approximate surface area is 205 Å². The van der Waals surface area contributed by atoms with Crippen molar-refractivity contribution in [1.29, 1.82) is 0 Å². The van der Waals surface area contributed by atoms with Crippen LogP contribution in [0.1, 0.15) is 99.3 Å². The van der Waals surface area contributed by atoms with Gasteiger partial charge in [0, 0.05) is 19.8 Å². The molecule has 0 bridgehead atoms. The van der Waals surface area contributed by atoms with Crippen LogP contribution in [-0.2, 0) is 14.4 Å². The smallest absolute Gasteiger partial charge is 0.302 e. The van der Waals surface area contributed by atoms with Crippen LogP contribution in [-0.4, -0.2) is 34.6 Å². The normalized spacial score (nSPS) is 45.3. The molecule has 0 saturated heterocycles. The van der Waals surface area contributed by atoms with Crippen molar-refractivity contribution in [3.8, 4) is 0 Å². The van der Waals surface area contributed by atoms with Crippen LogP contribution in [0.3, 0.4) is 0 Å². The average Bonchev–Trinajstić information content (AvgIpc) is 3.39. The topological polar surface area (TPSA) is 68.1 Å². The Kier molecular flexibility index (Phi) is 5.98. The average molecular weight is 472 g/mol. The Balaban J connectivity index is 1.35. The van der Waals surface area contributed by atoms with Crippen LogP contribution in [0.15, 0.2) is 16.8 Å². The molecule has 0 radical (unpaired) electrons. The summed E-state index contributed by atoms with van der Waals surface area (Å²) in [7, 11) is 0. The van der Waals surface area contributed by atoms with Crippen molar-refractivity contribution in [3.63, 3.8) is 0 Å². The van der Waals surface area contributed by atoms with Gasteiger partial charge in [0.1, 0.15) is 11.7 Å². The maximum absolute atomic E-state index is 11.9. The van der Waals surface area contributed by atoms with Gasteiger partial charge in [-0.1, -0.05) is 44.5 Å². The number of aliphatic hydroxyl groups is 1. The van der Waals surface area contributed by atoms with E-state index in [9.17, 15) is 9.90 Å². The molecule has 5 heteroatoms. The molecule has 0 amide bonds. The van der Waals surface area contributed by atoms with Crippen molar-refractivity contribution in [1.82, 2.24) is 0 Å². The fourth-order valence-electron chi connectivity index (χ4n) is 9.20. The Morgan fingerprint density at radius 2 is 1.94 bits per heavy atom. The van der Waals surface area contributed by atoms with Crippen LogP contribution >= 0.6 is 0 Å². The number of rotatable bonds is 4. The van der Waals surface area contributed by atoms with E-state index in [1.54, 1.807) is 0 Å². The molecule has 0 aromatic heterocycles. The SMILES string of the molecule is CC(=O)O[C@H]1CC[C@@]2(C)C(=CC[C@@H]3[C@H]4CC[C@@H]([C@@](C)(O)[C@H]5CC(C(C)C)=NO5)[C@@]4(C)CC[C@H]32)C1. The molecule has 1 heterocycles. The second-order valence-corrected chi connectivity index (χ2v) is 13.2. The molecule has 3 fully saturated rings. The number of fused-ring (bicyclic) bond motifs is 5. The highest BCUT2D eigenvalue weighted by Gasteiger charge is 2.63. The highest BCUT2D eigenvalue weighted by molar-refractivity contribution is 5.87. The van der Waals surface area contributed by atoms with Crippen LogP contribution in [0, 0.1) is 40.4 Å². The van der Waals surface area contributed by atoms with Gasteiger partial charge in [0.2, 0.25) is 0 Å². The Morgan fingerprint density at radius 3 is 2.62 bits per heavy atom. The Bertz CT molecular complexity index is 891. The second-order valence-electron chi connectivity index (χ2n) is 13.2. The summed E-state index contributed by atoms with van der Waals surface area (Å²) in [6.45, 7) is 12.8. The molecule has 5 aliphatic rings. The van der Waals surface area contributed by atoms with Crippen molar-refractivity contribution < 1.29 is 19.5 Å². The molecule has 0 unspecified atom stereocenters. The molecule has 0 aromatic carbocycles. The number of ether oxygens (including phenoxy) is 1. The lowest BCUT2D eigenvalue weighted by Crippen LogP contribution is -2.55. The van der Waals surface area contributed by atoms with Gasteiger partial charge in [-0.3, -0.25) is 4.79 Å². The molecule has 9 atom stereocenters. The molecule has 5 nitrogen and oxygen atoms in total. The van der Waals surface area contributed by atoms with Crippen LogP contribution in [0.2, 0.25) is 0 Å². The quantitative estimate of drug-likeness (QED) is 0.400. The number of carbonyl (C=O) groups is 1. The third-order valence-electron chi connectivity index (χ3n) is 11.1. The number of hydrogen-bond donors (Lipinski definition) is 1. The van der Waals surface area contributed by atoms with Gasteiger partial charge in [0.05, 0.1) is 5.71 Å². The molecule has 34 heavy (non-hydrogen) atoms. The molecule has 5 rings (SSSR count). The van der Waals surface area contributed by atoms with Crippen LogP contribution in [0.4, 0.5) is 0 Å². The van der Waals surface area contributed by atoms with Gasteiger partial charge in [-0.2, -0.15) is 0 Å². The van der Waals surface area contributed by atoms with Gasteiger partial charge in [0.15, 0.2) is 6.10 Å². The second kappa shape index (κ2) is 8.35. The maximum Gasteiger partial charge on any atom is 0.302 e. The first-order valence-electron chi connectivity index (χ1n) is 13.8. The first-order chi connectivity index (χ1) is 16.0. The summed E-state index contributed by atoms with van der Waals surface area (Å²) in [6.07, 6.45) is 11.9. The Hall–Kier alpha value is -1.36. The first-order valence-corrected chi connectivity index (χ1v) is 13.8. The van der Waals surface area contributed by atoms with Gasteiger partial charge in [-0.25, -0.2) is 0 Å². The minimum atomic E-state index is -0.863. The molecule has 0 aromatic rings. The Morgan fingerprint density at radius 1 is 1.18 bits per heavy atom. The van der Waals surface area contributed by atoms with Crippen molar-refractivity contribution in [2.75, 3.05) is 0 Å². The zero-order chi connectivity index (χ0) is 24.5. The van der Waals surface area contributed by atoms with Crippen molar-refractivity contribution in [2.24, 2.45) is 45.6 Å². The van der Waals surface area contributed by atoms with E-state index in [4.69, 9.17) is 9.57 Å². The van der Waals surface area contributed by atoms with Crippen LogP contribution in [0.5, 0.6) is 0 Å². The molecule has 190 valence electrons. The van der Waals surface area contributed by atoms with E-state index >= 15 is 0 Å². The monoisotopic (exact) mass is 471 g/mol. The standard InChI is InChI=1S/C29H45NO4/c1-17(2)24-16-26(34-30-24)29(6,32)25-10-9-22-21-8-7-19-15-20(33-18(3)31)11-13-27(19,4)23(21)12-14-28(22,25)5/h7,17,20-23,25-26,32H,8-16H2,1-6H3/t20-,21+,22+,23+,25+,26+,27-,28-,29+/m0/s1. The predicted octanol–water partition coefficient (Wildman–Crippen LogP) is 6.05. The fourth-order valence-corrected chi connectivity index (χ4v) is 9.20. The maximum atomic E-state index is 11.9. The molecule has 4 aliphatic carbocycles. The summed E-state index contributed by atoms with van der Waals surface area (Å²) in [4.78, 5) is 17.4. The number of carbonyl (C=O) groups excluding carboxylic acids is 1. The van der Waals surface area contributed by atoms with Gasteiger partial charge in [-0.05, 0) is 92.3 Å². The number of hydrogen-bond acceptors (Lipinski definition) is 5. The zero-order valence-electron chi connectivity index (χ0n) is 22.1. The van der Waals surface area contributed by atoms with Crippen molar-refractivity contribution in [2.45, 2.75) is 117 Å². The molecule has 3 saturated carbocycles. The van der Waals surface area contributed by atoms with E-state index in [2.05, 4.69) is 38.9 Å². The summed E-state index contributed by atoms with van der Waals surface area (Å²) in [6, 6.07) is 0. The fraction of sp³-hybridized carbons (Fsp3) is 0.862. The van der Waals surface area contributed by atoms with Crippen molar-refractivity contribution in [3.05, 3.63) is 11.6 Å². The van der Waals surface area contributed by atoms with E-state index in [1.165, 1.54) is 31.8 Å². The summed E-state index contributed by atoms with van der Waals surface area (Å²) in [5.74, 6) is 2.49. The lowest BCUT2D eigenvalue weighted by molar-refractivity contribution is -0.159. The number of nitrogens with zero attached hydrogens (tertiary/aromatic N) is 1. The van der Waals surface area contributed by atoms with Gasteiger partial charge < -0.3 is 14.7 Å². The van der Waals surface area contributed by atoms with E-state index in [1.807, 2.05) is 6.92 Å². The number of oxime groups is 1. The third kappa shape index (κ3) is 3.67. The number of esters is 1. The number of allylic oxidation sites excluding steroid dienone is 1. The molecule has 1 aliphatic heterocycles. The largest absolute Gasteiger partial charge is 0.462 e. The van der Waals surface area contributed by atoms with Gasteiger partial charge >= 0.3 is 5.97 Å². The minimum absolute atomic E-state index is 0.0533. The summed E-state index contributed by atoms with van der Waals surface area (Å²) >= 11 is 0. The molecule has 0 spiro atoms. The van der Waals surface area contributed by atoms with Gasteiger partial charge in [-0.15, -0.1) is 0 Å². The lowest BCUT2D eigenvalue weighted by atomic mass is 9.46. The van der Waals surface area contributed by atoms with Crippen LogP contribution < -0.4 is 0 Å². The van der Waals surface area contributed by atoms with E-state index in [0.29, 0.717) is 23.7 Å². The summed E-state index contributed by atoms with van der Waals surface area (Å²) in [5.41, 5.74) is 2.13. The zero-order valence-corrected chi connectivity index (χ0v) is 22.1. The molecular weight excluding hydrogens is 426 g/mol. The van der Waals surface area contributed by atoms with E-state index in [0.717, 1.165) is 44.2 Å². The third-order valence-corrected chi connectivity index (χ3v) is 11.1. The highest BCUT2D eigenvalue weighted by atomic mass is 16.7. The molecule has 1 N–H and O–H groups in total. The van der Waals surface area contributed by atoms with Crippen LogP contribution in [0.25, 0.3) is 0 Å². The van der Waals surface area contributed by atoms with Gasteiger partial charge in [0.25, 0.3) is 0 Å². The van der Waals surface area contributed by atoms with E-state index in [-0.39, 0.29) is 34.9 Å². The molecular formula is C29H45NO4. The predicted molar refractivity (Wildman–Crippen MR) is 133 cm³/mol. The van der Waals surface area contributed by atoms with Crippen molar-refractivity contribution >= 4 is 11.7 Å². The summed E-state index contributed by atoms with van der Waals surface area (Å²) < 4.78 is 5.60. The first kappa shape index (κ1) is 24.3. The van der Waals surface area contributed by atoms with E-state index < -0.39 is 5.60 Å². The minimum Gasteiger partial charge on any atom is -0.462 e.